The number of amides is 1. The highest BCUT2D eigenvalue weighted by Crippen LogP contribution is 2.26. The number of fused-ring (bicyclic) bond motifs is 1. The number of aromatic nitrogens is 2. The van der Waals surface area contributed by atoms with Crippen molar-refractivity contribution >= 4 is 28.5 Å². The Morgan fingerprint density at radius 2 is 2.29 bits per heavy atom. The number of hydrogen-bond donors (Lipinski definition) is 3. The predicted molar refractivity (Wildman–Crippen MR) is 80.6 cm³/mol. The monoisotopic (exact) mass is 334 g/mol. The number of carboxylic acids is 1. The number of nitrogens with one attached hydrogen (secondary N) is 2. The number of nitro benzene ring substituents is 1. The molecule has 1 saturated heterocycles. The molecule has 1 amide bonds. The number of H-pyrrole nitrogens is 1. The smallest absolute Gasteiger partial charge is 0.305 e. The lowest BCUT2D eigenvalue weighted by molar-refractivity contribution is -0.384. The minimum Gasteiger partial charge on any atom is -0.481 e. The third kappa shape index (κ3) is 2.91. The second-order valence-electron chi connectivity index (χ2n) is 5.67. The van der Waals surface area contributed by atoms with E-state index in [0.29, 0.717) is 23.9 Å². The first-order valence-corrected chi connectivity index (χ1v) is 7.15. The van der Waals surface area contributed by atoms with Gasteiger partial charge >= 0.3 is 5.97 Å². The molecular weight excluding hydrogens is 320 g/mol. The maximum absolute atomic E-state index is 12.5. The van der Waals surface area contributed by atoms with Crippen molar-refractivity contribution in [1.82, 2.24) is 15.5 Å². The summed E-state index contributed by atoms with van der Waals surface area (Å²) in [4.78, 5) is 33.9. The Balaban J connectivity index is 1.92. The van der Waals surface area contributed by atoms with Gasteiger partial charge in [0.2, 0.25) is 0 Å². The minimum absolute atomic E-state index is 0.0228. The molecule has 10 heteroatoms. The molecule has 1 aliphatic rings. The van der Waals surface area contributed by atoms with Crippen LogP contribution in [0.3, 0.4) is 0 Å². The molecule has 1 aromatic carbocycles. The summed E-state index contributed by atoms with van der Waals surface area (Å²) in [6, 6.07) is 4.02. The van der Waals surface area contributed by atoms with Gasteiger partial charge in [0, 0.05) is 24.1 Å². The van der Waals surface area contributed by atoms with Gasteiger partial charge in [-0.15, -0.1) is 0 Å². The van der Waals surface area contributed by atoms with Gasteiger partial charge in [-0.05, 0) is 12.5 Å². The summed E-state index contributed by atoms with van der Waals surface area (Å²) in [6.45, 7) is 0.438. The highest BCUT2D eigenvalue weighted by Gasteiger charge is 2.39. The maximum atomic E-state index is 12.5. The van der Waals surface area contributed by atoms with Crippen LogP contribution >= 0.6 is 0 Å². The van der Waals surface area contributed by atoms with E-state index in [-0.39, 0.29) is 24.4 Å². The van der Waals surface area contributed by atoms with Gasteiger partial charge < -0.3 is 15.2 Å². The fourth-order valence-corrected chi connectivity index (χ4v) is 2.77. The Morgan fingerprint density at radius 1 is 1.50 bits per heavy atom. The van der Waals surface area contributed by atoms with Crippen LogP contribution in [0.5, 0.6) is 0 Å². The number of nitrogens with zero attached hydrogens (tertiary/aromatic N) is 2. The van der Waals surface area contributed by atoms with E-state index in [1.807, 2.05) is 0 Å². The number of ether oxygens (including phenoxy) is 1. The lowest BCUT2D eigenvalue weighted by Crippen LogP contribution is -2.50. The molecule has 1 aromatic heterocycles. The van der Waals surface area contributed by atoms with Crippen molar-refractivity contribution in [2.75, 3.05) is 13.2 Å². The molecule has 3 rings (SSSR count). The number of aliphatic carboxylic acids is 1. The number of benzene rings is 1. The number of rotatable bonds is 5. The van der Waals surface area contributed by atoms with Gasteiger partial charge in [0.1, 0.15) is 0 Å². The number of carbonyl (C=O) groups is 2. The summed E-state index contributed by atoms with van der Waals surface area (Å²) in [5.74, 6) is -1.66. The Morgan fingerprint density at radius 3 is 2.92 bits per heavy atom. The van der Waals surface area contributed by atoms with E-state index in [1.165, 1.54) is 18.2 Å². The summed E-state index contributed by atoms with van der Waals surface area (Å²) in [7, 11) is 0. The average molecular weight is 334 g/mol. The van der Waals surface area contributed by atoms with Crippen molar-refractivity contribution in [2.45, 2.75) is 18.4 Å². The molecule has 3 N–H and O–H groups in total. The normalized spacial score (nSPS) is 20.2. The zero-order valence-corrected chi connectivity index (χ0v) is 12.4. The second-order valence-corrected chi connectivity index (χ2v) is 5.67. The van der Waals surface area contributed by atoms with Gasteiger partial charge in [0.25, 0.3) is 11.6 Å². The molecule has 0 bridgehead atoms. The molecule has 1 atom stereocenters. The number of carboxylic acid groups (broad SMARTS) is 1. The van der Waals surface area contributed by atoms with Crippen LogP contribution in [0.1, 0.15) is 23.3 Å². The zero-order valence-electron chi connectivity index (χ0n) is 12.4. The third-order valence-corrected chi connectivity index (χ3v) is 3.94. The Kier molecular flexibility index (Phi) is 3.89. The van der Waals surface area contributed by atoms with E-state index in [2.05, 4.69) is 15.5 Å². The van der Waals surface area contributed by atoms with Crippen molar-refractivity contribution in [2.24, 2.45) is 0 Å². The van der Waals surface area contributed by atoms with Crippen molar-refractivity contribution in [3.8, 4) is 0 Å². The topological polar surface area (TPSA) is 147 Å². The quantitative estimate of drug-likeness (QED) is 0.542. The van der Waals surface area contributed by atoms with Crippen molar-refractivity contribution < 1.29 is 24.4 Å². The molecule has 24 heavy (non-hydrogen) atoms. The predicted octanol–water partition coefficient (Wildman–Crippen LogP) is 0.835. The molecule has 1 aliphatic heterocycles. The van der Waals surface area contributed by atoms with Crippen LogP contribution < -0.4 is 5.32 Å². The summed E-state index contributed by atoms with van der Waals surface area (Å²) < 4.78 is 5.22. The van der Waals surface area contributed by atoms with Crippen LogP contribution in [-0.2, 0) is 9.53 Å². The summed E-state index contributed by atoms with van der Waals surface area (Å²) in [5.41, 5.74) is -0.719. The Labute approximate surface area is 134 Å². The largest absolute Gasteiger partial charge is 0.481 e. The highest BCUT2D eigenvalue weighted by atomic mass is 16.6. The van der Waals surface area contributed by atoms with E-state index in [0.717, 1.165) is 0 Å². The Bertz CT molecular complexity index is 824. The molecule has 0 saturated carbocycles. The lowest BCUT2D eigenvalue weighted by atomic mass is 9.94. The number of nitro groups is 1. The minimum atomic E-state index is -1.05. The highest BCUT2D eigenvalue weighted by molar-refractivity contribution is 6.05. The number of non-ortho nitro benzene ring substituents is 1. The second kappa shape index (κ2) is 5.89. The molecular formula is C14H14N4O6. The van der Waals surface area contributed by atoms with E-state index in [9.17, 15) is 19.7 Å². The van der Waals surface area contributed by atoms with Gasteiger partial charge in [0.05, 0.1) is 29.0 Å². The molecule has 0 radical (unpaired) electrons. The van der Waals surface area contributed by atoms with E-state index >= 15 is 0 Å². The average Bonchev–Trinajstić information content (AvgIpc) is 3.12. The van der Waals surface area contributed by atoms with Crippen LogP contribution in [-0.4, -0.2) is 50.9 Å². The molecule has 2 heterocycles. The molecule has 1 unspecified atom stereocenters. The van der Waals surface area contributed by atoms with E-state index in [4.69, 9.17) is 9.84 Å². The Hall–Kier alpha value is -3.01. The van der Waals surface area contributed by atoms with Gasteiger partial charge in [-0.2, -0.15) is 5.10 Å². The SMILES string of the molecule is O=C(O)CC1(NC(=O)c2n[nH]c3ccc([N+](=O)[O-])cc23)CCOC1. The summed E-state index contributed by atoms with van der Waals surface area (Å²) in [6.07, 6.45) is 0.0920. The van der Waals surface area contributed by atoms with Crippen molar-refractivity contribution in [3.63, 3.8) is 0 Å². The fourth-order valence-electron chi connectivity index (χ4n) is 2.77. The lowest BCUT2D eigenvalue weighted by Gasteiger charge is -2.26. The van der Waals surface area contributed by atoms with Crippen LogP contribution in [0.2, 0.25) is 0 Å². The summed E-state index contributed by atoms with van der Waals surface area (Å²) >= 11 is 0. The third-order valence-electron chi connectivity index (χ3n) is 3.94. The first-order chi connectivity index (χ1) is 11.4. The molecule has 0 aliphatic carbocycles. The van der Waals surface area contributed by atoms with Gasteiger partial charge in [-0.1, -0.05) is 0 Å². The molecule has 10 nitrogen and oxygen atoms in total. The van der Waals surface area contributed by atoms with Crippen molar-refractivity contribution in [3.05, 3.63) is 34.0 Å². The maximum Gasteiger partial charge on any atom is 0.305 e. The number of aromatic amines is 1. The first kappa shape index (κ1) is 15.9. The number of carbonyl (C=O) groups excluding carboxylic acids is 1. The van der Waals surface area contributed by atoms with Crippen molar-refractivity contribution in [1.29, 1.82) is 0 Å². The van der Waals surface area contributed by atoms with E-state index in [1.54, 1.807) is 0 Å². The molecule has 0 spiro atoms. The van der Waals surface area contributed by atoms with Crippen LogP contribution in [0.25, 0.3) is 10.9 Å². The standard InChI is InChI=1S/C14H14N4O6/c19-11(20)6-14(3-4-24-7-14)15-13(21)12-9-5-8(18(22)23)1-2-10(9)16-17-12/h1-2,5H,3-4,6-7H2,(H,15,21)(H,16,17)(H,19,20). The van der Waals surface area contributed by atoms with Crippen LogP contribution in [0, 0.1) is 10.1 Å². The van der Waals surface area contributed by atoms with Crippen LogP contribution in [0.15, 0.2) is 18.2 Å². The van der Waals surface area contributed by atoms with Gasteiger partial charge in [0.15, 0.2) is 5.69 Å². The molecule has 126 valence electrons. The number of hydrogen-bond acceptors (Lipinski definition) is 6. The molecule has 1 fully saturated rings. The van der Waals surface area contributed by atoms with Gasteiger partial charge in [-0.25, -0.2) is 0 Å². The van der Waals surface area contributed by atoms with Gasteiger partial charge in [-0.3, -0.25) is 24.8 Å². The van der Waals surface area contributed by atoms with Crippen LogP contribution in [0.4, 0.5) is 5.69 Å². The first-order valence-electron chi connectivity index (χ1n) is 7.15. The fraction of sp³-hybridized carbons (Fsp3) is 0.357. The zero-order chi connectivity index (χ0) is 17.3. The summed E-state index contributed by atoms with van der Waals surface area (Å²) in [5, 5.41) is 29.4. The van der Waals surface area contributed by atoms with E-state index < -0.39 is 22.3 Å². The molecule has 2 aromatic rings.